The Morgan fingerprint density at radius 3 is 1.48 bits per heavy atom. The monoisotopic (exact) mass is 786 g/mol. The van der Waals surface area contributed by atoms with Crippen molar-refractivity contribution in [2.45, 2.75) is 0 Å². The molecule has 0 amide bonds. The van der Waals surface area contributed by atoms with E-state index in [1.54, 1.807) is 0 Å². The first-order valence-electron chi connectivity index (χ1n) is 20.8. The number of rotatable bonds is 6. The van der Waals surface area contributed by atoms with Crippen molar-refractivity contribution >= 4 is 32.3 Å². The summed E-state index contributed by atoms with van der Waals surface area (Å²) in [5, 5.41) is 16.7. The van der Waals surface area contributed by atoms with E-state index < -0.39 is 0 Å². The highest BCUT2D eigenvalue weighted by Gasteiger charge is 2.25. The van der Waals surface area contributed by atoms with Crippen LogP contribution in [0.2, 0.25) is 0 Å². The molecule has 0 radical (unpaired) electrons. The van der Waals surface area contributed by atoms with Crippen LogP contribution >= 0.6 is 0 Å². The molecule has 1 aliphatic carbocycles. The first-order chi connectivity index (χ1) is 30.7. The molecule has 0 N–H and O–H groups in total. The molecule has 1 aromatic heterocycles. The molecule has 286 valence electrons. The predicted octanol–water partition coefficient (Wildman–Crippen LogP) is 14.9. The standard InChI is InChI=1S/C58H34N4/c59-35-36-21-23-38(24-22-36)44-29-30-51-45-17-7-8-18-46(45)52-32-31-50(54(44)55(51)52)47-19-10-20-48-49(47)28-27-39-25-26-43(34-53(39)48)58-61-56(40-13-5-2-6-14-40)60-57(62-58)42-16-9-15-41(33-42)37-11-3-1-4-12-37/h1-34H. The van der Waals surface area contributed by atoms with Crippen molar-refractivity contribution in [3.63, 3.8) is 0 Å². The summed E-state index contributed by atoms with van der Waals surface area (Å²) < 4.78 is 0. The Morgan fingerprint density at radius 2 is 0.790 bits per heavy atom. The summed E-state index contributed by atoms with van der Waals surface area (Å²) >= 11 is 0. The normalized spacial score (nSPS) is 11.5. The maximum Gasteiger partial charge on any atom is 0.164 e. The molecule has 0 fully saturated rings. The largest absolute Gasteiger partial charge is 0.208 e. The lowest BCUT2D eigenvalue weighted by atomic mass is 9.86. The number of aromatic nitrogens is 3. The highest BCUT2D eigenvalue weighted by atomic mass is 15.0. The topological polar surface area (TPSA) is 62.5 Å². The summed E-state index contributed by atoms with van der Waals surface area (Å²) in [6.07, 6.45) is 0. The maximum absolute atomic E-state index is 9.61. The molecule has 0 saturated carbocycles. The van der Waals surface area contributed by atoms with Gasteiger partial charge in [0.15, 0.2) is 17.5 Å². The molecule has 1 aliphatic rings. The van der Waals surface area contributed by atoms with Crippen molar-refractivity contribution in [1.82, 2.24) is 15.0 Å². The minimum absolute atomic E-state index is 0.619. The minimum atomic E-state index is 0.619. The molecule has 0 saturated heterocycles. The zero-order valence-electron chi connectivity index (χ0n) is 33.4. The van der Waals surface area contributed by atoms with Gasteiger partial charge in [-0.15, -0.1) is 0 Å². The van der Waals surface area contributed by atoms with Crippen molar-refractivity contribution in [3.8, 4) is 95.9 Å². The number of benzene rings is 10. The van der Waals surface area contributed by atoms with E-state index in [9.17, 15) is 5.26 Å². The average Bonchev–Trinajstić information content (AvgIpc) is 3.68. The fourth-order valence-corrected chi connectivity index (χ4v) is 9.37. The highest BCUT2D eigenvalue weighted by Crippen LogP contribution is 2.52. The summed E-state index contributed by atoms with van der Waals surface area (Å²) in [7, 11) is 0. The fourth-order valence-electron chi connectivity index (χ4n) is 9.37. The Labute approximate surface area is 358 Å². The summed E-state index contributed by atoms with van der Waals surface area (Å²) in [4.78, 5) is 15.3. The molecular formula is C58H34N4. The third-order valence-electron chi connectivity index (χ3n) is 12.3. The maximum atomic E-state index is 9.61. The first-order valence-corrected chi connectivity index (χ1v) is 20.8. The highest BCUT2D eigenvalue weighted by molar-refractivity contribution is 6.24. The fraction of sp³-hybridized carbons (Fsp3) is 0. The van der Waals surface area contributed by atoms with Gasteiger partial charge in [0.25, 0.3) is 0 Å². The van der Waals surface area contributed by atoms with Crippen molar-refractivity contribution < 1.29 is 0 Å². The Balaban J connectivity index is 1.05. The van der Waals surface area contributed by atoms with Crippen LogP contribution < -0.4 is 0 Å². The summed E-state index contributed by atoms with van der Waals surface area (Å²) in [5.74, 6) is 1.87. The van der Waals surface area contributed by atoms with E-state index in [1.807, 2.05) is 48.5 Å². The second-order valence-electron chi connectivity index (χ2n) is 15.8. The number of nitriles is 1. The second kappa shape index (κ2) is 14.3. The third-order valence-corrected chi connectivity index (χ3v) is 12.3. The number of fused-ring (bicyclic) bond motifs is 6. The summed E-state index contributed by atoms with van der Waals surface area (Å²) in [6.45, 7) is 0. The minimum Gasteiger partial charge on any atom is -0.208 e. The molecular weight excluding hydrogens is 753 g/mol. The molecule has 1 heterocycles. The molecule has 10 aromatic carbocycles. The van der Waals surface area contributed by atoms with Gasteiger partial charge in [-0.25, -0.2) is 15.0 Å². The van der Waals surface area contributed by atoms with Gasteiger partial charge < -0.3 is 0 Å². The van der Waals surface area contributed by atoms with Gasteiger partial charge in [-0.3, -0.25) is 0 Å². The van der Waals surface area contributed by atoms with Gasteiger partial charge in [0.1, 0.15) is 0 Å². The summed E-state index contributed by atoms with van der Waals surface area (Å²) in [5.41, 5.74) is 15.2. The van der Waals surface area contributed by atoms with E-state index in [1.165, 1.54) is 38.6 Å². The van der Waals surface area contributed by atoms with Gasteiger partial charge in [-0.1, -0.05) is 182 Å². The average molecular weight is 787 g/mol. The first kappa shape index (κ1) is 35.4. The predicted molar refractivity (Wildman–Crippen MR) is 254 cm³/mol. The Kier molecular flexibility index (Phi) is 8.19. The molecule has 0 spiro atoms. The number of hydrogen-bond donors (Lipinski definition) is 0. The van der Waals surface area contributed by atoms with Gasteiger partial charge in [0.2, 0.25) is 0 Å². The van der Waals surface area contributed by atoms with Crippen molar-refractivity contribution in [2.24, 2.45) is 0 Å². The van der Waals surface area contributed by atoms with Gasteiger partial charge in [-0.2, -0.15) is 5.26 Å². The quantitative estimate of drug-likeness (QED) is 0.158. The van der Waals surface area contributed by atoms with E-state index >= 15 is 0 Å². The van der Waals surface area contributed by atoms with Crippen LogP contribution in [-0.4, -0.2) is 15.0 Å². The van der Waals surface area contributed by atoms with E-state index in [-0.39, 0.29) is 0 Å². The molecule has 0 unspecified atom stereocenters. The smallest absolute Gasteiger partial charge is 0.164 e. The molecule has 62 heavy (non-hydrogen) atoms. The van der Waals surface area contributed by atoms with Crippen LogP contribution in [0.5, 0.6) is 0 Å². The van der Waals surface area contributed by atoms with Crippen molar-refractivity contribution in [3.05, 3.63) is 212 Å². The van der Waals surface area contributed by atoms with Gasteiger partial charge in [0.05, 0.1) is 11.6 Å². The SMILES string of the molecule is N#Cc1ccc(-c2ccc3c4c(ccc(-c5cccc6c5ccc5ccc(-c7nc(-c8ccccc8)nc(-c8cccc(-c9ccccc9)c8)n7)cc56)c24)-c2ccccc2-3)cc1. The van der Waals surface area contributed by atoms with Crippen LogP contribution in [-0.2, 0) is 0 Å². The van der Waals surface area contributed by atoms with Crippen LogP contribution in [0, 0.1) is 11.3 Å². The zero-order valence-corrected chi connectivity index (χ0v) is 33.4. The third kappa shape index (κ3) is 5.79. The Hall–Kier alpha value is -8.52. The molecule has 0 atom stereocenters. The lowest BCUT2D eigenvalue weighted by Gasteiger charge is -2.17. The van der Waals surface area contributed by atoms with Gasteiger partial charge >= 0.3 is 0 Å². The van der Waals surface area contributed by atoms with Crippen LogP contribution in [0.15, 0.2) is 206 Å². The van der Waals surface area contributed by atoms with E-state index in [2.05, 4.69) is 164 Å². The lowest BCUT2D eigenvalue weighted by Crippen LogP contribution is -2.00. The zero-order chi connectivity index (χ0) is 41.1. The van der Waals surface area contributed by atoms with Gasteiger partial charge in [0, 0.05) is 16.7 Å². The van der Waals surface area contributed by atoms with E-state index in [0.717, 1.165) is 66.1 Å². The molecule has 12 rings (SSSR count). The molecule has 11 aromatic rings. The van der Waals surface area contributed by atoms with Crippen LogP contribution in [0.4, 0.5) is 0 Å². The molecule has 0 aliphatic heterocycles. The van der Waals surface area contributed by atoms with Crippen LogP contribution in [0.3, 0.4) is 0 Å². The van der Waals surface area contributed by atoms with E-state index in [0.29, 0.717) is 23.0 Å². The van der Waals surface area contributed by atoms with Crippen LogP contribution in [0.25, 0.3) is 122 Å². The molecule has 4 heteroatoms. The lowest BCUT2D eigenvalue weighted by molar-refractivity contribution is 1.07. The number of hydrogen-bond acceptors (Lipinski definition) is 4. The molecule has 4 nitrogen and oxygen atoms in total. The van der Waals surface area contributed by atoms with E-state index in [4.69, 9.17) is 15.0 Å². The van der Waals surface area contributed by atoms with Gasteiger partial charge in [-0.05, 0) is 112 Å². The van der Waals surface area contributed by atoms with Crippen LogP contribution in [0.1, 0.15) is 5.56 Å². The van der Waals surface area contributed by atoms with Crippen molar-refractivity contribution in [2.75, 3.05) is 0 Å². The Bertz CT molecular complexity index is 3600. The van der Waals surface area contributed by atoms with Crippen molar-refractivity contribution in [1.29, 1.82) is 5.26 Å². The summed E-state index contributed by atoms with van der Waals surface area (Å²) in [6, 6.07) is 74.7. The number of nitrogens with zero attached hydrogens (tertiary/aromatic N) is 4. The second-order valence-corrected chi connectivity index (χ2v) is 15.8. The Morgan fingerprint density at radius 1 is 0.290 bits per heavy atom. The molecule has 0 bridgehead atoms.